The fourth-order valence-electron chi connectivity index (χ4n) is 7.85. The minimum atomic E-state index is -0.0958. The highest BCUT2D eigenvalue weighted by atomic mass is 16.3. The maximum Gasteiger partial charge on any atom is 0.122 e. The molecule has 4 aromatic carbocycles. The van der Waals surface area contributed by atoms with E-state index in [1.807, 2.05) is 48.5 Å². The third kappa shape index (κ3) is 10.8. The van der Waals surface area contributed by atoms with Gasteiger partial charge in [-0.1, -0.05) is 152 Å². The topological polar surface area (TPSA) is 80.9 Å². The highest BCUT2D eigenvalue weighted by Crippen LogP contribution is 2.44. The predicted molar refractivity (Wildman–Crippen MR) is 218 cm³/mol. The highest BCUT2D eigenvalue weighted by molar-refractivity contribution is 5.53. The lowest BCUT2D eigenvalue weighted by Crippen LogP contribution is -2.06. The standard InChI is InChI=1S/C48H66O4/c1-5-9-21-35-25-17-31-41(45(35)49)39(42-32-18-26-36(46(42)50)22-10-6-2)29-15-13-14-16-30-40(43-33-19-27-37(47(43)51)23-11-7-3)44-34-20-28-38(48(44)52)24-12-8-4/h17-20,25-28,31-34,39-40,49-52H,5-16,21-24,29-30H2,1-4H3. The Bertz CT molecular complexity index is 1420. The molecular formula is C48H66O4. The molecule has 4 heteroatoms. The summed E-state index contributed by atoms with van der Waals surface area (Å²) in [5.41, 5.74) is 7.59. The second-order valence-electron chi connectivity index (χ2n) is 14.9. The van der Waals surface area contributed by atoms with Gasteiger partial charge in [0.15, 0.2) is 0 Å². The molecule has 0 aromatic heterocycles. The fraction of sp³-hybridized carbons (Fsp3) is 0.500. The lowest BCUT2D eigenvalue weighted by Gasteiger charge is -2.24. The minimum Gasteiger partial charge on any atom is -0.507 e. The molecule has 4 nitrogen and oxygen atoms in total. The zero-order valence-corrected chi connectivity index (χ0v) is 32.6. The van der Waals surface area contributed by atoms with Crippen molar-refractivity contribution >= 4 is 0 Å². The van der Waals surface area contributed by atoms with Gasteiger partial charge in [-0.05, 0) is 86.5 Å². The molecule has 0 heterocycles. The molecule has 0 aliphatic heterocycles. The van der Waals surface area contributed by atoms with E-state index < -0.39 is 0 Å². The Kier molecular flexibility index (Phi) is 16.9. The molecule has 0 aliphatic rings. The normalized spacial score (nSPS) is 11.6. The third-order valence-electron chi connectivity index (χ3n) is 11.0. The van der Waals surface area contributed by atoms with Crippen molar-refractivity contribution in [3.63, 3.8) is 0 Å². The van der Waals surface area contributed by atoms with Crippen molar-refractivity contribution in [2.45, 2.75) is 155 Å². The Labute approximate surface area is 315 Å². The first-order valence-corrected chi connectivity index (χ1v) is 20.6. The first-order valence-electron chi connectivity index (χ1n) is 20.6. The summed E-state index contributed by atoms with van der Waals surface area (Å²) >= 11 is 0. The maximum absolute atomic E-state index is 11.5. The highest BCUT2D eigenvalue weighted by Gasteiger charge is 2.25. The average Bonchev–Trinajstić information content (AvgIpc) is 3.15. The number of unbranched alkanes of at least 4 members (excludes halogenated alkanes) is 7. The zero-order chi connectivity index (χ0) is 37.3. The van der Waals surface area contributed by atoms with Gasteiger partial charge in [0.05, 0.1) is 0 Å². The minimum absolute atomic E-state index is 0.0958. The van der Waals surface area contributed by atoms with Gasteiger partial charge in [0.2, 0.25) is 0 Å². The van der Waals surface area contributed by atoms with Crippen molar-refractivity contribution < 1.29 is 20.4 Å². The molecule has 0 spiro atoms. The van der Waals surface area contributed by atoms with E-state index in [0.717, 1.165) is 160 Å². The van der Waals surface area contributed by atoms with Crippen LogP contribution < -0.4 is 0 Å². The Morgan fingerprint density at radius 2 is 0.596 bits per heavy atom. The van der Waals surface area contributed by atoms with Crippen LogP contribution in [0.2, 0.25) is 0 Å². The lowest BCUT2D eigenvalue weighted by atomic mass is 9.82. The number of aryl methyl sites for hydroxylation is 4. The number of rotatable bonds is 23. The molecule has 0 fully saturated rings. The largest absolute Gasteiger partial charge is 0.507 e. The molecule has 4 aromatic rings. The van der Waals surface area contributed by atoms with E-state index in [1.165, 1.54) is 0 Å². The van der Waals surface area contributed by atoms with Crippen LogP contribution in [0.25, 0.3) is 0 Å². The average molecular weight is 707 g/mol. The van der Waals surface area contributed by atoms with E-state index in [2.05, 4.69) is 52.0 Å². The summed E-state index contributed by atoms with van der Waals surface area (Å²) in [4.78, 5) is 0. The van der Waals surface area contributed by atoms with E-state index in [-0.39, 0.29) is 11.8 Å². The summed E-state index contributed by atoms with van der Waals surface area (Å²) in [5.74, 6) is 1.32. The number of phenolic OH excluding ortho intramolecular Hbond substituents is 4. The van der Waals surface area contributed by atoms with Gasteiger partial charge in [-0.3, -0.25) is 0 Å². The van der Waals surface area contributed by atoms with Crippen molar-refractivity contribution in [1.82, 2.24) is 0 Å². The summed E-state index contributed by atoms with van der Waals surface area (Å²) in [5, 5.41) is 46.1. The van der Waals surface area contributed by atoms with Crippen LogP contribution in [-0.4, -0.2) is 20.4 Å². The molecule has 0 saturated heterocycles. The monoisotopic (exact) mass is 706 g/mol. The number of para-hydroxylation sites is 4. The first kappa shape index (κ1) is 40.8. The number of phenols is 4. The Balaban J connectivity index is 1.54. The van der Waals surface area contributed by atoms with Crippen LogP contribution in [0, 0.1) is 0 Å². The molecule has 0 unspecified atom stereocenters. The number of hydrogen-bond acceptors (Lipinski definition) is 4. The maximum atomic E-state index is 11.5. The summed E-state index contributed by atoms with van der Waals surface area (Å²) < 4.78 is 0. The number of aromatic hydroxyl groups is 4. The van der Waals surface area contributed by atoms with Crippen LogP contribution in [0.5, 0.6) is 23.0 Å². The molecular weight excluding hydrogens is 641 g/mol. The zero-order valence-electron chi connectivity index (χ0n) is 32.6. The van der Waals surface area contributed by atoms with Gasteiger partial charge in [0, 0.05) is 34.1 Å². The Morgan fingerprint density at radius 1 is 0.346 bits per heavy atom. The van der Waals surface area contributed by atoms with E-state index in [4.69, 9.17) is 0 Å². The molecule has 0 atom stereocenters. The molecule has 4 rings (SSSR count). The molecule has 0 radical (unpaired) electrons. The Hall–Kier alpha value is -3.92. The van der Waals surface area contributed by atoms with Crippen molar-refractivity contribution in [2.75, 3.05) is 0 Å². The Morgan fingerprint density at radius 3 is 0.827 bits per heavy atom. The van der Waals surface area contributed by atoms with Crippen LogP contribution in [-0.2, 0) is 25.7 Å². The van der Waals surface area contributed by atoms with Crippen LogP contribution in [0.3, 0.4) is 0 Å². The summed E-state index contributed by atoms with van der Waals surface area (Å²) in [6.45, 7) is 8.69. The fourth-order valence-corrected chi connectivity index (χ4v) is 7.85. The smallest absolute Gasteiger partial charge is 0.122 e. The van der Waals surface area contributed by atoms with Crippen molar-refractivity contribution in [3.8, 4) is 23.0 Å². The van der Waals surface area contributed by atoms with Crippen LogP contribution >= 0.6 is 0 Å². The quantitative estimate of drug-likeness (QED) is 0.0579. The lowest BCUT2D eigenvalue weighted by molar-refractivity contribution is 0.435. The van der Waals surface area contributed by atoms with Gasteiger partial charge < -0.3 is 20.4 Å². The van der Waals surface area contributed by atoms with Gasteiger partial charge in [0.1, 0.15) is 23.0 Å². The van der Waals surface area contributed by atoms with E-state index in [0.29, 0.717) is 23.0 Å². The SMILES string of the molecule is CCCCc1cccc(C(CCCCCCC(c2cccc(CCCC)c2O)c2cccc(CCCC)c2O)c2cccc(CCCC)c2O)c1O. The molecule has 0 aliphatic carbocycles. The van der Waals surface area contributed by atoms with Crippen molar-refractivity contribution in [3.05, 3.63) is 117 Å². The molecule has 0 bridgehead atoms. The third-order valence-corrected chi connectivity index (χ3v) is 11.0. The van der Waals surface area contributed by atoms with Gasteiger partial charge in [-0.2, -0.15) is 0 Å². The van der Waals surface area contributed by atoms with E-state index >= 15 is 0 Å². The summed E-state index contributed by atoms with van der Waals surface area (Å²) in [6.07, 6.45) is 17.4. The van der Waals surface area contributed by atoms with Gasteiger partial charge in [-0.15, -0.1) is 0 Å². The second-order valence-corrected chi connectivity index (χ2v) is 14.9. The number of benzene rings is 4. The second kappa shape index (κ2) is 21.6. The van der Waals surface area contributed by atoms with Crippen molar-refractivity contribution in [2.24, 2.45) is 0 Å². The summed E-state index contributed by atoms with van der Waals surface area (Å²) in [6, 6.07) is 24.6. The van der Waals surface area contributed by atoms with E-state index in [1.54, 1.807) is 0 Å². The van der Waals surface area contributed by atoms with Crippen LogP contribution in [0.15, 0.2) is 72.8 Å². The predicted octanol–water partition coefficient (Wildman–Crippen LogP) is 13.2. The molecule has 282 valence electrons. The molecule has 0 saturated carbocycles. The van der Waals surface area contributed by atoms with Gasteiger partial charge in [0.25, 0.3) is 0 Å². The first-order chi connectivity index (χ1) is 25.4. The molecule has 4 N–H and O–H groups in total. The van der Waals surface area contributed by atoms with E-state index in [9.17, 15) is 20.4 Å². The molecule has 52 heavy (non-hydrogen) atoms. The van der Waals surface area contributed by atoms with Gasteiger partial charge in [-0.25, -0.2) is 0 Å². The van der Waals surface area contributed by atoms with Crippen molar-refractivity contribution in [1.29, 1.82) is 0 Å². The van der Waals surface area contributed by atoms with Crippen LogP contribution in [0.1, 0.15) is 174 Å². The van der Waals surface area contributed by atoms with Crippen LogP contribution in [0.4, 0.5) is 0 Å². The number of hydrogen-bond donors (Lipinski definition) is 4. The summed E-state index contributed by atoms with van der Waals surface area (Å²) in [7, 11) is 0. The molecule has 0 amide bonds. The van der Waals surface area contributed by atoms with Gasteiger partial charge >= 0.3 is 0 Å².